The monoisotopic (exact) mass is 617 g/mol. The largest absolute Gasteiger partial charge is 0.465 e. The molecular weight excluding hydrogens is 581 g/mol. The van der Waals surface area contributed by atoms with Crippen LogP contribution in [-0.2, 0) is 28.9 Å². The van der Waals surface area contributed by atoms with Gasteiger partial charge in [0.15, 0.2) is 9.84 Å². The SMILES string of the molecule is CCC(CS(=O)(=O)C(C)(C)C)N1C(=O)C(CC(=O)OCC(C)C)OC(c2cccc(Cl)c2)C1c1ccc(Cl)s1. The summed E-state index contributed by atoms with van der Waals surface area (Å²) in [6.45, 7) is 10.9. The van der Waals surface area contributed by atoms with Crippen molar-refractivity contribution < 1.29 is 27.5 Å². The number of nitrogens with zero attached hydrogens (tertiary/aromatic N) is 1. The maximum atomic E-state index is 14.1. The molecule has 216 valence electrons. The smallest absolute Gasteiger partial charge is 0.308 e. The van der Waals surface area contributed by atoms with E-state index in [9.17, 15) is 18.0 Å². The van der Waals surface area contributed by atoms with E-state index >= 15 is 0 Å². The van der Waals surface area contributed by atoms with Gasteiger partial charge in [-0.2, -0.15) is 0 Å². The lowest BCUT2D eigenvalue weighted by molar-refractivity contribution is -0.183. The van der Waals surface area contributed by atoms with Crippen molar-refractivity contribution in [2.75, 3.05) is 12.4 Å². The third kappa shape index (κ3) is 7.76. The van der Waals surface area contributed by atoms with E-state index in [1.54, 1.807) is 49.9 Å². The minimum absolute atomic E-state index is 0.132. The summed E-state index contributed by atoms with van der Waals surface area (Å²) in [6, 6.07) is 9.32. The van der Waals surface area contributed by atoms with E-state index in [-0.39, 0.29) is 24.7 Å². The average Bonchev–Trinajstić information content (AvgIpc) is 3.27. The van der Waals surface area contributed by atoms with Gasteiger partial charge in [0.25, 0.3) is 5.91 Å². The third-order valence-electron chi connectivity index (χ3n) is 6.63. The first-order chi connectivity index (χ1) is 18.1. The number of morpholine rings is 1. The number of benzene rings is 1. The van der Waals surface area contributed by atoms with Gasteiger partial charge in [-0.25, -0.2) is 8.42 Å². The van der Waals surface area contributed by atoms with Gasteiger partial charge in [-0.05, 0) is 62.9 Å². The van der Waals surface area contributed by atoms with Crippen LogP contribution < -0.4 is 0 Å². The minimum Gasteiger partial charge on any atom is -0.465 e. The number of rotatable bonds is 10. The van der Waals surface area contributed by atoms with Gasteiger partial charge in [0.05, 0.1) is 33.9 Å². The van der Waals surface area contributed by atoms with Crippen molar-refractivity contribution in [3.05, 3.63) is 56.2 Å². The van der Waals surface area contributed by atoms with Gasteiger partial charge in [0.2, 0.25) is 0 Å². The van der Waals surface area contributed by atoms with E-state index in [1.807, 2.05) is 32.9 Å². The summed E-state index contributed by atoms with van der Waals surface area (Å²) in [5.74, 6) is -1.12. The molecule has 39 heavy (non-hydrogen) atoms. The number of amides is 1. The Kier molecular flexibility index (Phi) is 10.5. The highest BCUT2D eigenvalue weighted by atomic mass is 35.5. The second kappa shape index (κ2) is 12.9. The molecule has 4 unspecified atom stereocenters. The zero-order chi connectivity index (χ0) is 29.1. The van der Waals surface area contributed by atoms with Crippen LogP contribution in [0.25, 0.3) is 0 Å². The van der Waals surface area contributed by atoms with E-state index < -0.39 is 50.8 Å². The molecule has 0 aliphatic carbocycles. The standard InChI is InChI=1S/C28H37Cl2NO6S2/c1-7-20(16-39(34,35)28(4,5)6)31-25(22-11-12-23(30)38-22)26(18-9-8-10-19(29)13-18)37-21(27(31)33)14-24(32)36-15-17(2)3/h8-13,17,20-21,25-26H,7,14-16H2,1-6H3. The Morgan fingerprint density at radius 1 is 1.18 bits per heavy atom. The van der Waals surface area contributed by atoms with Crippen molar-refractivity contribution in [3.63, 3.8) is 0 Å². The Hall–Kier alpha value is -1.65. The highest BCUT2D eigenvalue weighted by Gasteiger charge is 2.49. The molecular formula is C28H37Cl2NO6S2. The van der Waals surface area contributed by atoms with Crippen molar-refractivity contribution in [2.24, 2.45) is 5.92 Å². The molecule has 11 heteroatoms. The van der Waals surface area contributed by atoms with Gasteiger partial charge in [-0.3, -0.25) is 9.59 Å². The summed E-state index contributed by atoms with van der Waals surface area (Å²) < 4.78 is 37.9. The lowest BCUT2D eigenvalue weighted by atomic mass is 9.93. The number of carbonyl (C=O) groups is 2. The lowest BCUT2D eigenvalue weighted by Gasteiger charge is -2.47. The van der Waals surface area contributed by atoms with Crippen molar-refractivity contribution in [1.82, 2.24) is 4.90 Å². The topological polar surface area (TPSA) is 90.0 Å². The molecule has 1 amide bonds. The zero-order valence-corrected chi connectivity index (χ0v) is 26.3. The van der Waals surface area contributed by atoms with E-state index in [1.165, 1.54) is 11.3 Å². The summed E-state index contributed by atoms with van der Waals surface area (Å²) in [4.78, 5) is 29.2. The summed E-state index contributed by atoms with van der Waals surface area (Å²) >= 11 is 14.0. The van der Waals surface area contributed by atoms with Gasteiger partial charge < -0.3 is 14.4 Å². The van der Waals surface area contributed by atoms with Crippen LogP contribution in [0.3, 0.4) is 0 Å². The predicted molar refractivity (Wildman–Crippen MR) is 156 cm³/mol. The summed E-state index contributed by atoms with van der Waals surface area (Å²) in [7, 11) is -3.60. The first kappa shape index (κ1) is 31.9. The van der Waals surface area contributed by atoms with Crippen LogP contribution in [0.2, 0.25) is 9.36 Å². The quantitative estimate of drug-likeness (QED) is 0.277. The highest BCUT2D eigenvalue weighted by Crippen LogP contribution is 2.47. The maximum absolute atomic E-state index is 14.1. The molecule has 0 spiro atoms. The van der Waals surface area contributed by atoms with E-state index in [0.717, 1.165) is 4.88 Å². The van der Waals surface area contributed by atoms with Crippen LogP contribution in [-0.4, -0.2) is 54.4 Å². The molecule has 3 rings (SSSR count). The summed E-state index contributed by atoms with van der Waals surface area (Å²) in [6.07, 6.45) is -1.81. The molecule has 1 aromatic carbocycles. The molecule has 1 saturated heterocycles. The van der Waals surface area contributed by atoms with Gasteiger partial charge in [0, 0.05) is 15.9 Å². The Labute approximate surface area is 245 Å². The molecule has 7 nitrogen and oxygen atoms in total. The van der Waals surface area contributed by atoms with Crippen LogP contribution in [0.5, 0.6) is 0 Å². The van der Waals surface area contributed by atoms with Crippen LogP contribution in [0.4, 0.5) is 0 Å². The van der Waals surface area contributed by atoms with Gasteiger partial charge in [0.1, 0.15) is 12.2 Å². The molecule has 1 aliphatic rings. The minimum atomic E-state index is -3.60. The number of esters is 1. The van der Waals surface area contributed by atoms with E-state index in [2.05, 4.69) is 0 Å². The fraction of sp³-hybridized carbons (Fsp3) is 0.571. The molecule has 1 fully saturated rings. The first-order valence-corrected chi connectivity index (χ1v) is 16.2. The molecule has 0 bridgehead atoms. The van der Waals surface area contributed by atoms with Gasteiger partial charge >= 0.3 is 5.97 Å². The van der Waals surface area contributed by atoms with Crippen LogP contribution in [0, 0.1) is 5.92 Å². The maximum Gasteiger partial charge on any atom is 0.308 e. The van der Waals surface area contributed by atoms with Crippen molar-refractivity contribution >= 4 is 56.3 Å². The van der Waals surface area contributed by atoms with Crippen LogP contribution in [0.15, 0.2) is 36.4 Å². The van der Waals surface area contributed by atoms with E-state index in [0.29, 0.717) is 21.3 Å². The van der Waals surface area contributed by atoms with E-state index in [4.69, 9.17) is 32.7 Å². The Bertz CT molecular complexity index is 1270. The Morgan fingerprint density at radius 2 is 1.87 bits per heavy atom. The molecule has 1 aromatic heterocycles. The number of hydrogen-bond acceptors (Lipinski definition) is 7. The molecule has 2 aromatic rings. The summed E-state index contributed by atoms with van der Waals surface area (Å²) in [5.41, 5.74) is 0.698. The number of ether oxygens (including phenoxy) is 2. The third-order valence-corrected chi connectivity index (χ3v) is 10.9. The second-order valence-corrected chi connectivity index (χ2v) is 16.1. The van der Waals surface area contributed by atoms with Crippen molar-refractivity contribution in [2.45, 2.75) is 83.4 Å². The van der Waals surface area contributed by atoms with Crippen LogP contribution >= 0.6 is 34.5 Å². The van der Waals surface area contributed by atoms with Crippen LogP contribution in [0.1, 0.15) is 77.0 Å². The van der Waals surface area contributed by atoms with Gasteiger partial charge in [-0.1, -0.05) is 56.1 Å². The normalized spacial score (nSPS) is 21.3. The fourth-order valence-electron chi connectivity index (χ4n) is 4.39. The van der Waals surface area contributed by atoms with Gasteiger partial charge in [-0.15, -0.1) is 11.3 Å². The molecule has 2 heterocycles. The number of carbonyl (C=O) groups excluding carboxylic acids is 2. The lowest BCUT2D eigenvalue weighted by Crippen LogP contribution is -2.57. The summed E-state index contributed by atoms with van der Waals surface area (Å²) in [5, 5.41) is 0.484. The molecule has 4 atom stereocenters. The van der Waals surface area contributed by atoms with Crippen molar-refractivity contribution in [1.29, 1.82) is 0 Å². The Morgan fingerprint density at radius 3 is 2.41 bits per heavy atom. The fourth-order valence-corrected chi connectivity index (χ4v) is 7.17. The zero-order valence-electron chi connectivity index (χ0n) is 23.1. The molecule has 1 aliphatic heterocycles. The number of halogens is 2. The molecule has 0 radical (unpaired) electrons. The first-order valence-electron chi connectivity index (χ1n) is 13.0. The molecule has 0 saturated carbocycles. The molecule has 0 N–H and O–H groups in total. The Balaban J connectivity index is 2.14. The predicted octanol–water partition coefficient (Wildman–Crippen LogP) is 6.65. The van der Waals surface area contributed by atoms with Crippen molar-refractivity contribution in [3.8, 4) is 0 Å². The highest BCUT2D eigenvalue weighted by molar-refractivity contribution is 7.92. The number of sulfone groups is 1. The second-order valence-electron chi connectivity index (χ2n) is 11.2. The number of hydrogen-bond donors (Lipinski definition) is 0. The average molecular weight is 619 g/mol. The number of thiophene rings is 1.